The van der Waals surface area contributed by atoms with Gasteiger partial charge in [-0.3, -0.25) is 0 Å². The van der Waals surface area contributed by atoms with Crippen LogP contribution < -0.4 is 5.32 Å². The SMILES string of the molecule is O=C(O)n1ccc2c(Nc3ccc(C(F)(F)F)cc3)ncnc21. The second kappa shape index (κ2) is 5.27. The van der Waals surface area contributed by atoms with Gasteiger partial charge in [0.25, 0.3) is 0 Å². The number of hydrogen-bond acceptors (Lipinski definition) is 4. The van der Waals surface area contributed by atoms with Gasteiger partial charge in [-0.1, -0.05) is 0 Å². The zero-order valence-electron chi connectivity index (χ0n) is 11.4. The molecule has 0 radical (unpaired) electrons. The average molecular weight is 322 g/mol. The number of rotatable bonds is 2. The van der Waals surface area contributed by atoms with Gasteiger partial charge < -0.3 is 10.4 Å². The standard InChI is InChI=1S/C14H9F3N4O2/c15-14(16,17)8-1-3-9(4-2-8)20-11-10-5-6-21(13(22)23)12(10)19-7-18-11/h1-7H,(H,22,23)(H,18,19,20). The number of carboxylic acid groups (broad SMARTS) is 1. The molecule has 0 aliphatic rings. The van der Waals surface area contributed by atoms with Crippen LogP contribution in [0.3, 0.4) is 0 Å². The molecule has 2 N–H and O–H groups in total. The van der Waals surface area contributed by atoms with Crippen LogP contribution in [0.15, 0.2) is 42.9 Å². The quantitative estimate of drug-likeness (QED) is 0.751. The molecule has 0 fully saturated rings. The van der Waals surface area contributed by atoms with Crippen molar-refractivity contribution in [1.82, 2.24) is 14.5 Å². The van der Waals surface area contributed by atoms with E-state index < -0.39 is 17.8 Å². The molecule has 0 aliphatic heterocycles. The Morgan fingerprint density at radius 2 is 1.83 bits per heavy atom. The number of nitrogens with one attached hydrogen (secondary N) is 1. The fraction of sp³-hybridized carbons (Fsp3) is 0.0714. The van der Waals surface area contributed by atoms with E-state index in [9.17, 15) is 18.0 Å². The normalized spacial score (nSPS) is 11.6. The van der Waals surface area contributed by atoms with Crippen molar-refractivity contribution in [1.29, 1.82) is 0 Å². The van der Waals surface area contributed by atoms with Crippen molar-refractivity contribution < 1.29 is 23.1 Å². The molecule has 0 aliphatic carbocycles. The predicted octanol–water partition coefficient (Wildman–Crippen LogP) is 3.72. The summed E-state index contributed by atoms with van der Waals surface area (Å²) in [6.45, 7) is 0. The predicted molar refractivity (Wildman–Crippen MR) is 75.7 cm³/mol. The summed E-state index contributed by atoms with van der Waals surface area (Å²) in [5.41, 5.74) is -0.184. The molecule has 9 heteroatoms. The van der Waals surface area contributed by atoms with Gasteiger partial charge in [-0.15, -0.1) is 0 Å². The van der Waals surface area contributed by atoms with Gasteiger partial charge in [0.15, 0.2) is 5.65 Å². The Hall–Kier alpha value is -3.10. The summed E-state index contributed by atoms with van der Waals surface area (Å²) < 4.78 is 38.5. The van der Waals surface area contributed by atoms with Crippen molar-refractivity contribution in [2.75, 3.05) is 5.32 Å². The first-order valence-corrected chi connectivity index (χ1v) is 6.36. The van der Waals surface area contributed by atoms with Gasteiger partial charge in [-0.05, 0) is 30.3 Å². The minimum Gasteiger partial charge on any atom is -0.464 e. The molecule has 6 nitrogen and oxygen atoms in total. The van der Waals surface area contributed by atoms with Crippen LogP contribution in [-0.4, -0.2) is 25.7 Å². The van der Waals surface area contributed by atoms with Crippen molar-refractivity contribution in [3.8, 4) is 0 Å². The summed E-state index contributed by atoms with van der Waals surface area (Å²) in [6, 6.07) is 5.94. The molecule has 1 aromatic carbocycles. The number of carbonyl (C=O) groups is 1. The van der Waals surface area contributed by atoms with E-state index in [4.69, 9.17) is 5.11 Å². The number of aromatic nitrogens is 3. The van der Waals surface area contributed by atoms with Crippen molar-refractivity contribution in [2.45, 2.75) is 6.18 Å². The Morgan fingerprint density at radius 1 is 1.13 bits per heavy atom. The molecule has 0 unspecified atom stereocenters. The van der Waals surface area contributed by atoms with Crippen LogP contribution in [0.2, 0.25) is 0 Å². The topological polar surface area (TPSA) is 80.0 Å². The van der Waals surface area contributed by atoms with E-state index in [0.29, 0.717) is 16.9 Å². The van der Waals surface area contributed by atoms with E-state index in [0.717, 1.165) is 16.7 Å². The minimum absolute atomic E-state index is 0.182. The summed E-state index contributed by atoms with van der Waals surface area (Å²) in [7, 11) is 0. The molecule has 0 atom stereocenters. The van der Waals surface area contributed by atoms with E-state index >= 15 is 0 Å². The number of alkyl halides is 3. The molecular formula is C14H9F3N4O2. The summed E-state index contributed by atoms with van der Waals surface area (Å²) in [6.07, 6.45) is -3.10. The minimum atomic E-state index is -4.40. The average Bonchev–Trinajstić information content (AvgIpc) is 2.92. The zero-order valence-corrected chi connectivity index (χ0v) is 11.4. The van der Waals surface area contributed by atoms with Gasteiger partial charge in [-0.2, -0.15) is 13.2 Å². The fourth-order valence-corrected chi connectivity index (χ4v) is 2.08. The lowest BCUT2D eigenvalue weighted by Gasteiger charge is -2.09. The van der Waals surface area contributed by atoms with Crippen LogP contribution in [0.1, 0.15) is 5.56 Å². The van der Waals surface area contributed by atoms with Gasteiger partial charge in [0.2, 0.25) is 0 Å². The maximum Gasteiger partial charge on any atom is 0.417 e. The van der Waals surface area contributed by atoms with Crippen LogP contribution in [-0.2, 0) is 6.18 Å². The maximum atomic E-state index is 12.5. The maximum absolute atomic E-state index is 12.5. The highest BCUT2D eigenvalue weighted by Gasteiger charge is 2.29. The first-order chi connectivity index (χ1) is 10.9. The fourth-order valence-electron chi connectivity index (χ4n) is 2.08. The lowest BCUT2D eigenvalue weighted by molar-refractivity contribution is -0.137. The molecule has 0 saturated carbocycles. The Morgan fingerprint density at radius 3 is 2.43 bits per heavy atom. The first kappa shape index (κ1) is 14.8. The molecule has 2 heterocycles. The lowest BCUT2D eigenvalue weighted by Crippen LogP contribution is -2.07. The van der Waals surface area contributed by atoms with Crippen LogP contribution in [0.4, 0.5) is 29.5 Å². The van der Waals surface area contributed by atoms with Gasteiger partial charge in [0, 0.05) is 11.9 Å². The van der Waals surface area contributed by atoms with Gasteiger partial charge in [0.05, 0.1) is 10.9 Å². The highest BCUT2D eigenvalue weighted by molar-refractivity contribution is 5.93. The highest BCUT2D eigenvalue weighted by Crippen LogP contribution is 2.31. The van der Waals surface area contributed by atoms with Crippen molar-refractivity contribution in [2.24, 2.45) is 0 Å². The van der Waals surface area contributed by atoms with Crippen LogP contribution in [0.5, 0.6) is 0 Å². The van der Waals surface area contributed by atoms with Gasteiger partial charge in [-0.25, -0.2) is 19.3 Å². The van der Waals surface area contributed by atoms with E-state index in [1.807, 2.05) is 0 Å². The smallest absolute Gasteiger partial charge is 0.417 e. The molecule has 0 bridgehead atoms. The monoisotopic (exact) mass is 322 g/mol. The zero-order chi connectivity index (χ0) is 16.6. The summed E-state index contributed by atoms with van der Waals surface area (Å²) in [4.78, 5) is 18.9. The molecule has 2 aromatic heterocycles. The number of fused-ring (bicyclic) bond motifs is 1. The number of hydrogen-bond donors (Lipinski definition) is 2. The van der Waals surface area contributed by atoms with E-state index in [2.05, 4.69) is 15.3 Å². The molecule has 118 valence electrons. The summed E-state index contributed by atoms with van der Waals surface area (Å²) in [5, 5.41) is 12.3. The van der Waals surface area contributed by atoms with E-state index in [-0.39, 0.29) is 5.65 Å². The number of anilines is 2. The molecular weight excluding hydrogens is 313 g/mol. The van der Waals surface area contributed by atoms with E-state index in [1.54, 1.807) is 0 Å². The number of nitrogens with zero attached hydrogens (tertiary/aromatic N) is 3. The van der Waals surface area contributed by atoms with Crippen molar-refractivity contribution >= 4 is 28.6 Å². The third-order valence-electron chi connectivity index (χ3n) is 3.16. The molecule has 3 aromatic rings. The van der Waals surface area contributed by atoms with E-state index in [1.165, 1.54) is 30.7 Å². The first-order valence-electron chi connectivity index (χ1n) is 6.36. The second-order valence-corrected chi connectivity index (χ2v) is 4.63. The Labute approximate surface area is 127 Å². The molecule has 23 heavy (non-hydrogen) atoms. The second-order valence-electron chi connectivity index (χ2n) is 4.63. The molecule has 0 spiro atoms. The lowest BCUT2D eigenvalue weighted by atomic mass is 10.2. The van der Waals surface area contributed by atoms with Crippen molar-refractivity contribution in [3.63, 3.8) is 0 Å². The van der Waals surface area contributed by atoms with Gasteiger partial charge in [0.1, 0.15) is 12.1 Å². The van der Waals surface area contributed by atoms with Crippen LogP contribution in [0.25, 0.3) is 11.0 Å². The number of benzene rings is 1. The molecule has 0 saturated heterocycles. The van der Waals surface area contributed by atoms with Crippen molar-refractivity contribution in [3.05, 3.63) is 48.4 Å². The largest absolute Gasteiger partial charge is 0.464 e. The molecule has 3 rings (SSSR count). The number of halogens is 3. The van der Waals surface area contributed by atoms with Crippen LogP contribution >= 0.6 is 0 Å². The Balaban J connectivity index is 1.94. The summed E-state index contributed by atoms with van der Waals surface area (Å²) >= 11 is 0. The summed E-state index contributed by atoms with van der Waals surface area (Å²) in [5.74, 6) is 0.301. The Kier molecular flexibility index (Phi) is 3.40. The highest BCUT2D eigenvalue weighted by atomic mass is 19.4. The molecule has 0 amide bonds. The third kappa shape index (κ3) is 2.80. The third-order valence-corrected chi connectivity index (χ3v) is 3.16. The Bertz CT molecular complexity index is 872. The van der Waals surface area contributed by atoms with Gasteiger partial charge >= 0.3 is 12.3 Å². The van der Waals surface area contributed by atoms with Crippen LogP contribution in [0, 0.1) is 0 Å².